The quantitative estimate of drug-likeness (QED) is 0.156. The van der Waals surface area contributed by atoms with E-state index in [0.717, 1.165) is 30.3 Å². The van der Waals surface area contributed by atoms with E-state index in [9.17, 15) is 62.2 Å². The van der Waals surface area contributed by atoms with E-state index < -0.39 is 81.1 Å². The van der Waals surface area contributed by atoms with Gasteiger partial charge in [-0.3, -0.25) is 0 Å². The lowest BCUT2D eigenvalue weighted by Gasteiger charge is -2.43. The van der Waals surface area contributed by atoms with Crippen molar-refractivity contribution in [2.24, 2.45) is 0 Å². The van der Waals surface area contributed by atoms with Gasteiger partial charge in [0.1, 0.15) is 5.60 Å². The van der Waals surface area contributed by atoms with Crippen LogP contribution < -0.4 is 0 Å². The summed E-state index contributed by atoms with van der Waals surface area (Å²) in [6, 6.07) is 12.8. The molecule has 0 fully saturated rings. The smallest absolute Gasteiger partial charge is 0.376 e. The summed E-state index contributed by atoms with van der Waals surface area (Å²) in [4.78, 5) is 0. The van der Waals surface area contributed by atoms with Crippen molar-refractivity contribution in [2.45, 2.75) is 66.6 Å². The number of aliphatic hydroxyl groups is 1. The number of halogens is 17. The van der Waals surface area contributed by atoms with E-state index in [4.69, 9.17) is 0 Å². The lowest BCUT2D eigenvalue weighted by molar-refractivity contribution is -0.462. The number of alkyl halides is 17. The van der Waals surface area contributed by atoms with Gasteiger partial charge in [0.2, 0.25) is 0 Å². The highest BCUT2D eigenvalue weighted by Gasteiger charge is 2.95. The Morgan fingerprint density at radius 2 is 0.809 bits per heavy atom. The Labute approximate surface area is 253 Å². The fourth-order valence-electron chi connectivity index (χ4n) is 4.56. The van der Waals surface area contributed by atoms with Crippen molar-refractivity contribution in [2.75, 3.05) is 0 Å². The first-order valence-electron chi connectivity index (χ1n) is 12.8. The van der Waals surface area contributed by atoms with Gasteiger partial charge in [-0.05, 0) is 29.2 Å². The molecule has 1 N–H and O–H groups in total. The molecule has 0 aliphatic carbocycles. The predicted octanol–water partition coefficient (Wildman–Crippen LogP) is 10.00. The third-order valence-electron chi connectivity index (χ3n) is 7.33. The predicted molar refractivity (Wildman–Crippen MR) is 130 cm³/mol. The minimum Gasteiger partial charge on any atom is -0.376 e. The topological polar surface area (TPSA) is 20.2 Å². The maximum Gasteiger partial charge on any atom is 0.460 e. The van der Waals surface area contributed by atoms with E-state index in [-0.39, 0.29) is 12.5 Å². The highest BCUT2D eigenvalue weighted by Crippen LogP contribution is 2.65. The fourth-order valence-corrected chi connectivity index (χ4v) is 4.56. The van der Waals surface area contributed by atoms with Gasteiger partial charge in [-0.1, -0.05) is 79.7 Å². The third kappa shape index (κ3) is 5.30. The minimum atomic E-state index is -8.75. The number of benzene rings is 3. The van der Waals surface area contributed by atoms with E-state index in [1.807, 2.05) is 0 Å². The molecule has 18 heteroatoms. The second-order valence-corrected chi connectivity index (χ2v) is 10.2. The van der Waals surface area contributed by atoms with E-state index in [1.54, 1.807) is 0 Å². The molecule has 0 unspecified atom stereocenters. The Morgan fingerprint density at radius 1 is 0.447 bits per heavy atom. The molecule has 0 bridgehead atoms. The first-order chi connectivity index (χ1) is 21.1. The molecule has 0 aliphatic rings. The van der Waals surface area contributed by atoms with Crippen LogP contribution in [0.15, 0.2) is 78.9 Å². The number of aryl methyl sites for hydroxylation is 1. The lowest BCUT2D eigenvalue weighted by Crippen LogP contribution is -2.74. The Morgan fingerprint density at radius 3 is 1.17 bits per heavy atom. The zero-order valence-electron chi connectivity index (χ0n) is 23.1. The maximum absolute atomic E-state index is 15.8. The lowest BCUT2D eigenvalue weighted by atomic mass is 9.75. The van der Waals surface area contributed by atoms with Crippen LogP contribution >= 0.6 is 0 Å². The van der Waals surface area contributed by atoms with E-state index >= 15 is 17.6 Å². The van der Waals surface area contributed by atoms with Crippen LogP contribution in [0.4, 0.5) is 74.6 Å². The molecule has 47 heavy (non-hydrogen) atoms. The fraction of sp³-hybridized carbons (Fsp3) is 0.379. The average Bonchev–Trinajstić information content (AvgIpc) is 3.00. The SMILES string of the molecule is CCc1ccc(C(O)(c2ccccc2)c2ccccc2)c(C(F)(F)C(F)(F)C(F)(F)C(F)(F)C(F)(F)C(F)(F)C(F)(F)C(F)(F)F)c1. The van der Waals surface area contributed by atoms with Crippen molar-refractivity contribution >= 4 is 0 Å². The first kappa shape index (κ1) is 37.9. The minimum absolute atomic E-state index is 0.0150. The monoisotopic (exact) mass is 706 g/mol. The summed E-state index contributed by atoms with van der Waals surface area (Å²) in [5, 5.41) is 11.8. The molecular formula is C29H19F17O. The number of rotatable bonds is 11. The van der Waals surface area contributed by atoms with Crippen LogP contribution in [0.1, 0.15) is 34.7 Å². The van der Waals surface area contributed by atoms with Crippen molar-refractivity contribution < 1.29 is 79.7 Å². The summed E-state index contributed by atoms with van der Waals surface area (Å²) in [6.45, 7) is 1.18. The molecule has 3 aromatic carbocycles. The molecule has 0 radical (unpaired) electrons. The van der Waals surface area contributed by atoms with E-state index in [0.29, 0.717) is 6.07 Å². The molecular weight excluding hydrogens is 687 g/mol. The van der Waals surface area contributed by atoms with Gasteiger partial charge in [0, 0.05) is 11.1 Å². The summed E-state index contributed by atoms with van der Waals surface area (Å²) in [5.41, 5.74) is -8.26. The summed E-state index contributed by atoms with van der Waals surface area (Å²) < 4.78 is 239. The summed E-state index contributed by atoms with van der Waals surface area (Å²) in [7, 11) is 0. The zero-order valence-corrected chi connectivity index (χ0v) is 23.1. The van der Waals surface area contributed by atoms with Gasteiger partial charge in [0.25, 0.3) is 0 Å². The highest BCUT2D eigenvalue weighted by atomic mass is 19.4. The Bertz CT molecular complexity index is 1510. The van der Waals surface area contributed by atoms with Crippen LogP contribution in [-0.4, -0.2) is 46.8 Å². The Hall–Kier alpha value is -3.57. The van der Waals surface area contributed by atoms with E-state index in [2.05, 4.69) is 0 Å². The summed E-state index contributed by atoms with van der Waals surface area (Å²) in [6.07, 6.45) is -8.22. The summed E-state index contributed by atoms with van der Waals surface area (Å²) in [5.74, 6) is -57.7. The Kier molecular flexibility index (Phi) is 9.30. The molecule has 0 aliphatic heterocycles. The van der Waals surface area contributed by atoms with E-state index in [1.165, 1.54) is 43.3 Å². The average molecular weight is 706 g/mol. The molecule has 0 saturated heterocycles. The van der Waals surface area contributed by atoms with Crippen LogP contribution in [0.5, 0.6) is 0 Å². The zero-order chi connectivity index (χ0) is 36.3. The van der Waals surface area contributed by atoms with Crippen LogP contribution in [-0.2, 0) is 17.9 Å². The van der Waals surface area contributed by atoms with Gasteiger partial charge >= 0.3 is 47.6 Å². The van der Waals surface area contributed by atoms with Gasteiger partial charge in [0.05, 0.1) is 0 Å². The summed E-state index contributed by atoms with van der Waals surface area (Å²) >= 11 is 0. The molecule has 0 saturated carbocycles. The molecule has 3 aromatic rings. The van der Waals surface area contributed by atoms with Crippen LogP contribution in [0, 0.1) is 0 Å². The Balaban J connectivity index is 2.37. The first-order valence-corrected chi connectivity index (χ1v) is 12.8. The molecule has 260 valence electrons. The molecule has 1 nitrogen and oxygen atoms in total. The number of hydrogen-bond donors (Lipinski definition) is 1. The van der Waals surface area contributed by atoms with Crippen molar-refractivity contribution in [3.05, 3.63) is 107 Å². The molecule has 0 atom stereocenters. The van der Waals surface area contributed by atoms with Gasteiger partial charge in [-0.2, -0.15) is 74.6 Å². The van der Waals surface area contributed by atoms with Crippen molar-refractivity contribution in [3.63, 3.8) is 0 Å². The standard InChI is InChI=1S/C29H19F17O/c1-2-16-13-14-19(21(47,17-9-5-3-6-10-17)18-11-7-4-8-12-18)20(15-16)22(30,31)23(32,33)24(34,35)25(36,37)26(38,39)27(40,41)28(42,43)29(44,45)46/h3-15,47H,2H2,1H3. The molecule has 0 spiro atoms. The maximum atomic E-state index is 15.8. The van der Waals surface area contributed by atoms with Crippen molar-refractivity contribution in [3.8, 4) is 0 Å². The van der Waals surface area contributed by atoms with Crippen molar-refractivity contribution in [1.82, 2.24) is 0 Å². The normalized spacial score (nSPS) is 14.8. The highest BCUT2D eigenvalue weighted by molar-refractivity contribution is 5.52. The van der Waals surface area contributed by atoms with Crippen molar-refractivity contribution in [1.29, 1.82) is 0 Å². The van der Waals surface area contributed by atoms with Gasteiger partial charge in [0.15, 0.2) is 0 Å². The largest absolute Gasteiger partial charge is 0.460 e. The molecule has 0 aromatic heterocycles. The van der Waals surface area contributed by atoms with Crippen LogP contribution in [0.3, 0.4) is 0 Å². The third-order valence-corrected chi connectivity index (χ3v) is 7.33. The second kappa shape index (κ2) is 11.5. The molecule has 3 rings (SSSR count). The van der Waals surface area contributed by atoms with Crippen LogP contribution in [0.25, 0.3) is 0 Å². The number of hydrogen-bond acceptors (Lipinski definition) is 1. The molecule has 0 heterocycles. The van der Waals surface area contributed by atoms with Gasteiger partial charge < -0.3 is 5.11 Å². The molecule has 0 amide bonds. The van der Waals surface area contributed by atoms with Crippen LogP contribution in [0.2, 0.25) is 0 Å². The second-order valence-electron chi connectivity index (χ2n) is 10.2. The van der Waals surface area contributed by atoms with Gasteiger partial charge in [-0.25, -0.2) is 0 Å². The van der Waals surface area contributed by atoms with Gasteiger partial charge in [-0.15, -0.1) is 0 Å².